The van der Waals surface area contributed by atoms with Gasteiger partial charge in [-0.1, -0.05) is 12.1 Å². The van der Waals surface area contributed by atoms with Crippen LogP contribution in [0.15, 0.2) is 36.5 Å². The summed E-state index contributed by atoms with van der Waals surface area (Å²) >= 11 is 0. The lowest BCUT2D eigenvalue weighted by atomic mass is 10.1. The lowest BCUT2D eigenvalue weighted by molar-refractivity contribution is 0.140. The summed E-state index contributed by atoms with van der Waals surface area (Å²) in [6.07, 6.45) is 4.09. The molecule has 1 unspecified atom stereocenters. The largest absolute Gasteiger partial charge is 0.383 e. The Balaban J connectivity index is 1.44. The third-order valence-corrected chi connectivity index (χ3v) is 4.70. The third-order valence-electron chi connectivity index (χ3n) is 4.70. The van der Waals surface area contributed by atoms with Gasteiger partial charge in [0.2, 0.25) is 0 Å². The zero-order valence-corrected chi connectivity index (χ0v) is 14.7. The highest BCUT2D eigenvalue weighted by Crippen LogP contribution is 2.16. The van der Waals surface area contributed by atoms with Crippen LogP contribution in [0.25, 0.3) is 10.9 Å². The molecule has 0 spiro atoms. The number of hydrogen-bond donors (Lipinski definition) is 2. The Morgan fingerprint density at radius 3 is 3.16 bits per heavy atom. The number of pyridine rings is 1. The molecule has 1 fully saturated rings. The SMILES string of the molecule is COCCN1CCCC1CNC(=O)NCc1ccc2ncccc2c1. The van der Waals surface area contributed by atoms with E-state index in [2.05, 4.69) is 26.6 Å². The van der Waals surface area contributed by atoms with Gasteiger partial charge in [-0.2, -0.15) is 0 Å². The van der Waals surface area contributed by atoms with Crippen LogP contribution in [0.1, 0.15) is 18.4 Å². The van der Waals surface area contributed by atoms with Crippen molar-refractivity contribution in [1.82, 2.24) is 20.5 Å². The number of nitrogens with zero attached hydrogens (tertiary/aromatic N) is 2. The van der Waals surface area contributed by atoms with Gasteiger partial charge < -0.3 is 15.4 Å². The van der Waals surface area contributed by atoms with Crippen molar-refractivity contribution in [3.05, 3.63) is 42.1 Å². The molecule has 6 nitrogen and oxygen atoms in total. The number of aromatic nitrogens is 1. The van der Waals surface area contributed by atoms with Gasteiger partial charge in [-0.15, -0.1) is 0 Å². The topological polar surface area (TPSA) is 66.5 Å². The van der Waals surface area contributed by atoms with Crippen LogP contribution in [0, 0.1) is 0 Å². The van der Waals surface area contributed by atoms with E-state index in [0.717, 1.165) is 42.6 Å². The Labute approximate surface area is 148 Å². The molecule has 0 aliphatic carbocycles. The summed E-state index contributed by atoms with van der Waals surface area (Å²) in [6.45, 7) is 3.93. The van der Waals surface area contributed by atoms with E-state index in [9.17, 15) is 4.79 Å². The van der Waals surface area contributed by atoms with E-state index in [-0.39, 0.29) is 6.03 Å². The molecule has 2 amide bonds. The summed E-state index contributed by atoms with van der Waals surface area (Å²) in [6, 6.07) is 10.3. The second kappa shape index (κ2) is 8.78. The zero-order valence-electron chi connectivity index (χ0n) is 14.7. The fourth-order valence-corrected chi connectivity index (χ4v) is 3.32. The quantitative estimate of drug-likeness (QED) is 0.809. The van der Waals surface area contributed by atoms with Gasteiger partial charge in [0.1, 0.15) is 0 Å². The van der Waals surface area contributed by atoms with Crippen LogP contribution < -0.4 is 10.6 Å². The average Bonchev–Trinajstić information content (AvgIpc) is 3.10. The number of nitrogens with one attached hydrogen (secondary N) is 2. The summed E-state index contributed by atoms with van der Waals surface area (Å²) in [4.78, 5) is 18.8. The van der Waals surface area contributed by atoms with E-state index in [1.54, 1.807) is 13.3 Å². The molecule has 1 aromatic heterocycles. The molecule has 0 saturated carbocycles. The van der Waals surface area contributed by atoms with Crippen LogP contribution in [0.2, 0.25) is 0 Å². The van der Waals surface area contributed by atoms with Crippen molar-refractivity contribution in [2.45, 2.75) is 25.4 Å². The van der Waals surface area contributed by atoms with Crippen LogP contribution in [0.3, 0.4) is 0 Å². The molecular formula is C19H26N4O2. The maximum atomic E-state index is 12.1. The molecule has 1 aliphatic rings. The van der Waals surface area contributed by atoms with Crippen molar-refractivity contribution in [3.8, 4) is 0 Å². The number of fused-ring (bicyclic) bond motifs is 1. The molecule has 1 aliphatic heterocycles. The lowest BCUT2D eigenvalue weighted by Crippen LogP contribution is -2.44. The molecule has 0 radical (unpaired) electrons. The normalized spacial score (nSPS) is 17.7. The molecule has 25 heavy (non-hydrogen) atoms. The minimum atomic E-state index is -0.120. The van der Waals surface area contributed by atoms with Crippen LogP contribution in [0.5, 0.6) is 0 Å². The van der Waals surface area contributed by atoms with Crippen molar-refractivity contribution in [1.29, 1.82) is 0 Å². The molecule has 2 N–H and O–H groups in total. The zero-order chi connectivity index (χ0) is 17.5. The van der Waals surface area contributed by atoms with Crippen LogP contribution >= 0.6 is 0 Å². The number of benzene rings is 1. The molecule has 0 bridgehead atoms. The first-order chi connectivity index (χ1) is 12.3. The second-order valence-corrected chi connectivity index (χ2v) is 6.42. The van der Waals surface area contributed by atoms with E-state index in [4.69, 9.17) is 4.74 Å². The van der Waals surface area contributed by atoms with Gasteiger partial charge in [0.05, 0.1) is 12.1 Å². The van der Waals surface area contributed by atoms with Gasteiger partial charge in [0.15, 0.2) is 0 Å². The van der Waals surface area contributed by atoms with Crippen LogP contribution in [-0.4, -0.2) is 55.3 Å². The van der Waals surface area contributed by atoms with Crippen molar-refractivity contribution >= 4 is 16.9 Å². The number of urea groups is 1. The fourth-order valence-electron chi connectivity index (χ4n) is 3.32. The predicted molar refractivity (Wildman–Crippen MR) is 98.5 cm³/mol. The molecule has 134 valence electrons. The Bertz CT molecular complexity index is 707. The van der Waals surface area contributed by atoms with Gasteiger partial charge >= 0.3 is 6.03 Å². The number of hydrogen-bond acceptors (Lipinski definition) is 4. The van der Waals surface area contributed by atoms with Crippen LogP contribution in [0.4, 0.5) is 4.79 Å². The monoisotopic (exact) mass is 342 g/mol. The first-order valence-corrected chi connectivity index (χ1v) is 8.84. The minimum Gasteiger partial charge on any atom is -0.383 e. The number of carbonyl (C=O) groups excluding carboxylic acids is 1. The number of carbonyl (C=O) groups is 1. The van der Waals surface area contributed by atoms with Crippen molar-refractivity contribution in [2.24, 2.45) is 0 Å². The smallest absolute Gasteiger partial charge is 0.315 e. The molecule has 1 aromatic carbocycles. The molecule has 2 heterocycles. The molecule has 3 rings (SSSR count). The summed E-state index contributed by atoms with van der Waals surface area (Å²) in [5.74, 6) is 0. The number of amides is 2. The average molecular weight is 342 g/mol. The Hall–Kier alpha value is -2.18. The molecule has 1 saturated heterocycles. The van der Waals surface area contributed by atoms with Crippen molar-refractivity contribution < 1.29 is 9.53 Å². The molecular weight excluding hydrogens is 316 g/mol. The number of methoxy groups -OCH3 is 1. The van der Waals surface area contributed by atoms with Gasteiger partial charge in [0, 0.05) is 44.4 Å². The van der Waals surface area contributed by atoms with Gasteiger partial charge in [0.25, 0.3) is 0 Å². The van der Waals surface area contributed by atoms with E-state index < -0.39 is 0 Å². The Morgan fingerprint density at radius 1 is 1.36 bits per heavy atom. The highest BCUT2D eigenvalue weighted by Gasteiger charge is 2.24. The van der Waals surface area contributed by atoms with Crippen molar-refractivity contribution in [2.75, 3.05) is 33.4 Å². The van der Waals surface area contributed by atoms with E-state index in [1.807, 2.05) is 24.3 Å². The standard InChI is InChI=1S/C19H26N4O2/c1-25-11-10-23-9-3-5-17(23)14-22-19(24)21-13-15-6-7-18-16(12-15)4-2-8-20-18/h2,4,6-8,12,17H,3,5,9-11,13-14H2,1H3,(H2,21,22,24). The first-order valence-electron chi connectivity index (χ1n) is 8.84. The molecule has 2 aromatic rings. The lowest BCUT2D eigenvalue weighted by Gasteiger charge is -2.24. The van der Waals surface area contributed by atoms with E-state index >= 15 is 0 Å². The predicted octanol–water partition coefficient (Wildman–Crippen LogP) is 2.14. The van der Waals surface area contributed by atoms with Crippen LogP contribution in [-0.2, 0) is 11.3 Å². The van der Waals surface area contributed by atoms with Gasteiger partial charge in [-0.05, 0) is 43.1 Å². The summed E-state index contributed by atoms with van der Waals surface area (Å²) < 4.78 is 5.15. The Kier molecular flexibility index (Phi) is 6.19. The van der Waals surface area contributed by atoms with Gasteiger partial charge in [-0.25, -0.2) is 4.79 Å². The van der Waals surface area contributed by atoms with Crippen molar-refractivity contribution in [3.63, 3.8) is 0 Å². The minimum absolute atomic E-state index is 0.120. The summed E-state index contributed by atoms with van der Waals surface area (Å²) in [7, 11) is 1.72. The van der Waals surface area contributed by atoms with E-state index in [0.29, 0.717) is 19.1 Å². The Morgan fingerprint density at radius 2 is 2.28 bits per heavy atom. The molecule has 1 atom stereocenters. The fraction of sp³-hybridized carbons (Fsp3) is 0.474. The highest BCUT2D eigenvalue weighted by atomic mass is 16.5. The highest BCUT2D eigenvalue weighted by molar-refractivity contribution is 5.79. The number of rotatable bonds is 7. The number of likely N-dealkylation sites (tertiary alicyclic amines) is 1. The molecule has 6 heteroatoms. The third kappa shape index (κ3) is 4.90. The van der Waals surface area contributed by atoms with Gasteiger partial charge in [-0.3, -0.25) is 9.88 Å². The summed E-state index contributed by atoms with van der Waals surface area (Å²) in [5, 5.41) is 7.01. The van der Waals surface area contributed by atoms with E-state index in [1.165, 1.54) is 6.42 Å². The number of ether oxygens (including phenoxy) is 1. The maximum Gasteiger partial charge on any atom is 0.315 e. The summed E-state index contributed by atoms with van der Waals surface area (Å²) in [5.41, 5.74) is 2.03. The maximum absolute atomic E-state index is 12.1. The first kappa shape index (κ1) is 17.6. The second-order valence-electron chi connectivity index (χ2n) is 6.42.